The summed E-state index contributed by atoms with van der Waals surface area (Å²) >= 11 is 0. The lowest BCUT2D eigenvalue weighted by Crippen LogP contribution is -2.30. The fourth-order valence-corrected chi connectivity index (χ4v) is 5.66. The first-order valence-corrected chi connectivity index (χ1v) is 15.5. The molecule has 0 aliphatic rings. The highest BCUT2D eigenvalue weighted by molar-refractivity contribution is 7.60. The van der Waals surface area contributed by atoms with Gasteiger partial charge in [-0.15, -0.1) is 0 Å². The van der Waals surface area contributed by atoms with E-state index in [2.05, 4.69) is 27.7 Å². The van der Waals surface area contributed by atoms with Crippen LogP contribution in [0.25, 0.3) is 0 Å². The maximum Gasteiger partial charge on any atom is 0.286 e. The van der Waals surface area contributed by atoms with Gasteiger partial charge in [0, 0.05) is 17.5 Å². The molecule has 1 atom stereocenters. The van der Waals surface area contributed by atoms with E-state index in [1.165, 1.54) is 0 Å². The standard InChI is InChI=1S/C34H39O5P/c1-32(2,24-8-16-28(35)17-9-24)26-12-20-30(21-13-26)38-34(5,6)40(7,37)39-31-22-14-27(15-23-31)33(3,4)25-10-18-29(36)19-11-25/h8-23,35-36H,1-7H3. The van der Waals surface area contributed by atoms with E-state index in [9.17, 15) is 14.8 Å². The molecule has 6 heteroatoms. The first-order chi connectivity index (χ1) is 18.6. The molecule has 0 radical (unpaired) electrons. The smallest absolute Gasteiger partial charge is 0.286 e. The van der Waals surface area contributed by atoms with Crippen molar-refractivity contribution in [3.63, 3.8) is 0 Å². The van der Waals surface area contributed by atoms with Crippen LogP contribution in [0.1, 0.15) is 63.8 Å². The monoisotopic (exact) mass is 558 g/mol. The fourth-order valence-electron chi connectivity index (χ4n) is 4.64. The van der Waals surface area contributed by atoms with E-state index in [1.807, 2.05) is 72.8 Å². The Balaban J connectivity index is 1.46. The van der Waals surface area contributed by atoms with E-state index in [0.29, 0.717) is 11.5 Å². The topological polar surface area (TPSA) is 76.0 Å². The van der Waals surface area contributed by atoms with E-state index < -0.39 is 12.7 Å². The number of ether oxygens (including phenoxy) is 1. The molecule has 5 nitrogen and oxygen atoms in total. The average Bonchev–Trinajstić information content (AvgIpc) is 2.89. The van der Waals surface area contributed by atoms with Crippen LogP contribution < -0.4 is 9.26 Å². The van der Waals surface area contributed by atoms with Crippen LogP contribution in [0.2, 0.25) is 0 Å². The summed E-state index contributed by atoms with van der Waals surface area (Å²) in [4.78, 5) is 0. The predicted octanol–water partition coefficient (Wildman–Crippen LogP) is 8.85. The van der Waals surface area contributed by atoms with E-state index in [4.69, 9.17) is 9.26 Å². The number of benzene rings is 4. The Bertz CT molecular complexity index is 1480. The van der Waals surface area contributed by atoms with E-state index >= 15 is 0 Å². The molecule has 40 heavy (non-hydrogen) atoms. The zero-order valence-corrected chi connectivity index (χ0v) is 25.2. The van der Waals surface area contributed by atoms with Crippen molar-refractivity contribution in [3.8, 4) is 23.0 Å². The minimum absolute atomic E-state index is 0.237. The van der Waals surface area contributed by atoms with Gasteiger partial charge in [-0.25, -0.2) is 0 Å². The largest absolute Gasteiger partial charge is 0.508 e. The Morgan fingerprint density at radius 2 is 0.825 bits per heavy atom. The van der Waals surface area contributed by atoms with Gasteiger partial charge in [-0.05, 0) is 84.6 Å². The predicted molar refractivity (Wildman–Crippen MR) is 162 cm³/mol. The summed E-state index contributed by atoms with van der Waals surface area (Å²) in [5.41, 5.74) is 3.77. The first kappa shape index (κ1) is 29.3. The van der Waals surface area contributed by atoms with Crippen LogP contribution in [-0.2, 0) is 15.4 Å². The number of hydrogen-bond donors (Lipinski definition) is 2. The molecule has 0 saturated heterocycles. The second kappa shape index (κ2) is 10.7. The van der Waals surface area contributed by atoms with Crippen molar-refractivity contribution in [3.05, 3.63) is 119 Å². The van der Waals surface area contributed by atoms with Gasteiger partial charge in [-0.2, -0.15) is 0 Å². The molecule has 0 aromatic heterocycles. The molecule has 0 spiro atoms. The Morgan fingerprint density at radius 3 is 1.18 bits per heavy atom. The van der Waals surface area contributed by atoms with Crippen molar-refractivity contribution in [2.75, 3.05) is 6.66 Å². The Morgan fingerprint density at radius 1 is 0.525 bits per heavy atom. The highest BCUT2D eigenvalue weighted by Gasteiger charge is 2.41. The molecule has 2 N–H and O–H groups in total. The third-order valence-corrected chi connectivity index (χ3v) is 10.6. The van der Waals surface area contributed by atoms with Crippen LogP contribution in [0.4, 0.5) is 0 Å². The number of rotatable bonds is 9. The summed E-state index contributed by atoms with van der Waals surface area (Å²) in [6, 6.07) is 29.9. The first-order valence-electron chi connectivity index (χ1n) is 13.4. The van der Waals surface area contributed by atoms with Gasteiger partial charge in [0.25, 0.3) is 7.37 Å². The molecule has 0 bridgehead atoms. The summed E-state index contributed by atoms with van der Waals surface area (Å²) in [5.74, 6) is 1.59. The molecule has 0 aliphatic carbocycles. The van der Waals surface area contributed by atoms with Gasteiger partial charge in [0.15, 0.2) is 5.34 Å². The lowest BCUT2D eigenvalue weighted by Gasteiger charge is -2.33. The fraction of sp³-hybridized carbons (Fsp3) is 0.294. The molecule has 1 unspecified atom stereocenters. The van der Waals surface area contributed by atoms with Crippen LogP contribution >= 0.6 is 7.37 Å². The molecule has 4 rings (SSSR count). The Hall–Kier alpha value is -3.69. The minimum Gasteiger partial charge on any atom is -0.508 e. The highest BCUT2D eigenvalue weighted by atomic mass is 31.2. The second-order valence-corrected chi connectivity index (χ2v) is 14.8. The van der Waals surface area contributed by atoms with E-state index in [1.54, 1.807) is 44.8 Å². The van der Waals surface area contributed by atoms with Crippen LogP contribution in [0.3, 0.4) is 0 Å². The summed E-state index contributed by atoms with van der Waals surface area (Å²) in [7, 11) is -3.27. The minimum atomic E-state index is -3.27. The molecule has 210 valence electrons. The zero-order chi connectivity index (χ0) is 29.3. The highest BCUT2D eigenvalue weighted by Crippen LogP contribution is 2.56. The molecule has 4 aromatic carbocycles. The lowest BCUT2D eigenvalue weighted by atomic mass is 9.78. The van der Waals surface area contributed by atoms with Gasteiger partial charge >= 0.3 is 0 Å². The number of phenolic OH excluding ortho intramolecular Hbond substituents is 2. The number of hydrogen-bond acceptors (Lipinski definition) is 5. The second-order valence-electron chi connectivity index (χ2n) is 11.9. The van der Waals surface area contributed by atoms with Crippen LogP contribution in [0.5, 0.6) is 23.0 Å². The number of phenols is 2. The molecule has 4 aromatic rings. The van der Waals surface area contributed by atoms with Gasteiger partial charge in [0.2, 0.25) is 0 Å². The Labute approximate surface area is 237 Å². The van der Waals surface area contributed by atoms with Crippen molar-refractivity contribution in [1.82, 2.24) is 0 Å². The van der Waals surface area contributed by atoms with E-state index in [-0.39, 0.29) is 22.3 Å². The third kappa shape index (κ3) is 6.05. The van der Waals surface area contributed by atoms with Gasteiger partial charge in [-0.1, -0.05) is 76.2 Å². The van der Waals surface area contributed by atoms with E-state index in [0.717, 1.165) is 22.3 Å². The molecular formula is C34H39O5P. The lowest BCUT2D eigenvalue weighted by molar-refractivity contribution is 0.178. The Kier molecular flexibility index (Phi) is 7.84. The molecule has 0 saturated carbocycles. The average molecular weight is 559 g/mol. The van der Waals surface area contributed by atoms with Gasteiger partial charge < -0.3 is 19.5 Å². The maximum atomic E-state index is 13.8. The van der Waals surface area contributed by atoms with Crippen molar-refractivity contribution < 1.29 is 24.0 Å². The normalized spacial score (nSPS) is 13.9. The molecule has 0 fully saturated rings. The van der Waals surface area contributed by atoms with Gasteiger partial charge in [-0.3, -0.25) is 4.57 Å². The molecule has 0 heterocycles. The maximum absolute atomic E-state index is 13.8. The van der Waals surface area contributed by atoms with Crippen LogP contribution in [-0.4, -0.2) is 22.2 Å². The van der Waals surface area contributed by atoms with Crippen molar-refractivity contribution in [1.29, 1.82) is 0 Å². The molecular weight excluding hydrogens is 519 g/mol. The van der Waals surface area contributed by atoms with Gasteiger partial charge in [0.1, 0.15) is 23.0 Å². The van der Waals surface area contributed by atoms with Crippen LogP contribution in [0.15, 0.2) is 97.1 Å². The van der Waals surface area contributed by atoms with Crippen molar-refractivity contribution >= 4 is 7.37 Å². The summed E-state index contributed by atoms with van der Waals surface area (Å²) in [6.45, 7) is 13.7. The SMILES string of the molecule is CC(C)(c1ccc(O)cc1)c1ccc(OC(C)(C)P(C)(=O)Oc2ccc(C(C)(C)c3ccc(O)cc3)cc2)cc1. The molecule has 0 amide bonds. The zero-order valence-electron chi connectivity index (χ0n) is 24.3. The quantitative estimate of drug-likeness (QED) is 0.201. The van der Waals surface area contributed by atoms with Crippen molar-refractivity contribution in [2.24, 2.45) is 0 Å². The van der Waals surface area contributed by atoms with Crippen molar-refractivity contribution in [2.45, 2.75) is 57.7 Å². The van der Waals surface area contributed by atoms with Crippen LogP contribution in [0, 0.1) is 0 Å². The summed E-state index contributed by atoms with van der Waals surface area (Å²) < 4.78 is 26.1. The summed E-state index contributed by atoms with van der Waals surface area (Å²) in [6.07, 6.45) is 0. The third-order valence-electron chi connectivity index (χ3n) is 7.96. The summed E-state index contributed by atoms with van der Waals surface area (Å²) in [5, 5.41) is 18.2. The number of aromatic hydroxyl groups is 2. The molecule has 0 aliphatic heterocycles. The van der Waals surface area contributed by atoms with Gasteiger partial charge in [0.05, 0.1) is 0 Å².